The van der Waals surface area contributed by atoms with E-state index in [4.69, 9.17) is 14.2 Å². The van der Waals surface area contributed by atoms with Crippen LogP contribution in [0.25, 0.3) is 0 Å². The number of aromatic nitrogens is 1. The van der Waals surface area contributed by atoms with E-state index in [1.165, 1.54) is 11.3 Å². The number of amides is 4. The molecule has 33 heavy (non-hydrogen) atoms. The highest BCUT2D eigenvalue weighted by Gasteiger charge is 2.25. The average molecular weight is 476 g/mol. The molecule has 0 unspecified atom stereocenters. The molecule has 1 aromatic heterocycles. The summed E-state index contributed by atoms with van der Waals surface area (Å²) in [7, 11) is 0. The third kappa shape index (κ3) is 5.83. The lowest BCUT2D eigenvalue weighted by atomic mass is 10.2. The summed E-state index contributed by atoms with van der Waals surface area (Å²) < 4.78 is 15.6. The summed E-state index contributed by atoms with van der Waals surface area (Å²) in [4.78, 5) is 44.1. The Morgan fingerprint density at radius 2 is 1.88 bits per heavy atom. The number of urea groups is 1. The molecule has 0 spiro atoms. The predicted octanol–water partition coefficient (Wildman–Crippen LogP) is 2.04. The fourth-order valence-corrected chi connectivity index (χ4v) is 4.10. The molecule has 176 valence electrons. The Hall–Kier alpha value is -3.54. The Morgan fingerprint density at radius 3 is 2.67 bits per heavy atom. The van der Waals surface area contributed by atoms with Crippen LogP contribution in [0, 0.1) is 0 Å². The first-order chi connectivity index (χ1) is 16.0. The standard InChI is InChI=1S/C21H25N5O6S/c1-2-30-21(29)26-7-5-25(6-8-26)20(28)24-19-23-15(12-33-19)10-18(27)22-11-14-3-4-16-17(9-14)32-13-31-16/h3-4,9,12H,2,5-8,10-11,13H2,1H3,(H,22,27)(H,23,24,28). The first kappa shape index (κ1) is 22.6. The van der Waals surface area contributed by atoms with E-state index in [1.54, 1.807) is 22.1 Å². The molecule has 1 saturated heterocycles. The van der Waals surface area contributed by atoms with Gasteiger partial charge in [0, 0.05) is 38.1 Å². The molecule has 0 saturated carbocycles. The number of benzene rings is 1. The number of fused-ring (bicyclic) bond motifs is 1. The van der Waals surface area contributed by atoms with Gasteiger partial charge in [-0.25, -0.2) is 14.6 Å². The predicted molar refractivity (Wildman–Crippen MR) is 119 cm³/mol. The molecule has 1 aromatic carbocycles. The maximum absolute atomic E-state index is 12.5. The van der Waals surface area contributed by atoms with Gasteiger partial charge in [-0.2, -0.15) is 0 Å². The second kappa shape index (κ2) is 10.4. The lowest BCUT2D eigenvalue weighted by Crippen LogP contribution is -2.51. The van der Waals surface area contributed by atoms with Gasteiger partial charge in [0.2, 0.25) is 12.7 Å². The van der Waals surface area contributed by atoms with Crippen molar-refractivity contribution < 1.29 is 28.6 Å². The number of carbonyl (C=O) groups is 3. The van der Waals surface area contributed by atoms with Crippen LogP contribution in [0.2, 0.25) is 0 Å². The Bertz CT molecular complexity index is 1020. The molecular formula is C21H25N5O6S. The first-order valence-electron chi connectivity index (χ1n) is 10.6. The van der Waals surface area contributed by atoms with Gasteiger partial charge in [0.05, 0.1) is 18.7 Å². The molecule has 2 aliphatic rings. The second-order valence-corrected chi connectivity index (χ2v) is 8.25. The molecule has 0 bridgehead atoms. The highest BCUT2D eigenvalue weighted by atomic mass is 32.1. The van der Waals surface area contributed by atoms with Crippen LogP contribution >= 0.6 is 11.3 Å². The van der Waals surface area contributed by atoms with E-state index >= 15 is 0 Å². The molecule has 4 amide bonds. The minimum absolute atomic E-state index is 0.106. The van der Waals surface area contributed by atoms with Crippen LogP contribution < -0.4 is 20.1 Å². The molecule has 0 radical (unpaired) electrons. The molecular weight excluding hydrogens is 450 g/mol. The zero-order valence-corrected chi connectivity index (χ0v) is 19.0. The smallest absolute Gasteiger partial charge is 0.409 e. The van der Waals surface area contributed by atoms with E-state index in [1.807, 2.05) is 18.2 Å². The van der Waals surface area contributed by atoms with Gasteiger partial charge in [-0.1, -0.05) is 6.07 Å². The number of rotatable bonds is 6. The van der Waals surface area contributed by atoms with Gasteiger partial charge in [0.1, 0.15) is 0 Å². The number of piperazine rings is 1. The number of hydrogen-bond acceptors (Lipinski definition) is 8. The normalized spacial score (nSPS) is 14.7. The minimum Gasteiger partial charge on any atom is -0.454 e. The van der Waals surface area contributed by atoms with Gasteiger partial charge in [0.25, 0.3) is 0 Å². The number of anilines is 1. The monoisotopic (exact) mass is 475 g/mol. The average Bonchev–Trinajstić information content (AvgIpc) is 3.46. The molecule has 3 heterocycles. The van der Waals surface area contributed by atoms with E-state index in [9.17, 15) is 14.4 Å². The second-order valence-electron chi connectivity index (χ2n) is 7.39. The lowest BCUT2D eigenvalue weighted by Gasteiger charge is -2.33. The third-order valence-electron chi connectivity index (χ3n) is 5.13. The lowest BCUT2D eigenvalue weighted by molar-refractivity contribution is -0.120. The topological polar surface area (TPSA) is 122 Å². The summed E-state index contributed by atoms with van der Waals surface area (Å²) in [5, 5.41) is 7.78. The summed E-state index contributed by atoms with van der Waals surface area (Å²) >= 11 is 1.26. The van der Waals surface area contributed by atoms with Crippen molar-refractivity contribution in [1.82, 2.24) is 20.1 Å². The van der Waals surface area contributed by atoms with Crippen molar-refractivity contribution in [3.05, 3.63) is 34.8 Å². The van der Waals surface area contributed by atoms with E-state index in [0.29, 0.717) is 61.7 Å². The minimum atomic E-state index is -0.362. The number of thiazole rings is 1. The highest BCUT2D eigenvalue weighted by molar-refractivity contribution is 7.13. The Balaban J connectivity index is 1.20. The van der Waals surface area contributed by atoms with E-state index in [2.05, 4.69) is 15.6 Å². The van der Waals surface area contributed by atoms with E-state index < -0.39 is 0 Å². The molecule has 2 N–H and O–H groups in total. The van der Waals surface area contributed by atoms with E-state index in [0.717, 1.165) is 5.56 Å². The van der Waals surface area contributed by atoms with Crippen molar-refractivity contribution >= 4 is 34.5 Å². The summed E-state index contributed by atoms with van der Waals surface area (Å²) in [6.07, 6.45) is -0.256. The van der Waals surface area contributed by atoms with Crippen LogP contribution in [0.5, 0.6) is 11.5 Å². The van der Waals surface area contributed by atoms with Crippen LogP contribution in [-0.2, 0) is 22.5 Å². The molecule has 1 fully saturated rings. The number of nitrogens with zero attached hydrogens (tertiary/aromatic N) is 3. The molecule has 2 aliphatic heterocycles. The Morgan fingerprint density at radius 1 is 1.12 bits per heavy atom. The summed E-state index contributed by atoms with van der Waals surface area (Å²) in [6, 6.07) is 5.24. The van der Waals surface area contributed by atoms with Gasteiger partial charge in [0.15, 0.2) is 16.6 Å². The van der Waals surface area contributed by atoms with Crippen LogP contribution in [0.1, 0.15) is 18.2 Å². The largest absolute Gasteiger partial charge is 0.454 e. The number of hydrogen-bond donors (Lipinski definition) is 2. The third-order valence-corrected chi connectivity index (χ3v) is 5.93. The number of ether oxygens (including phenoxy) is 3. The van der Waals surface area contributed by atoms with Crippen molar-refractivity contribution in [2.24, 2.45) is 0 Å². The molecule has 0 aliphatic carbocycles. The van der Waals surface area contributed by atoms with Crippen LogP contribution in [0.15, 0.2) is 23.6 Å². The summed E-state index contributed by atoms with van der Waals surface area (Å²) in [5.41, 5.74) is 1.48. The van der Waals surface area contributed by atoms with Gasteiger partial charge in [-0.15, -0.1) is 11.3 Å². The first-order valence-corrected chi connectivity index (χ1v) is 11.5. The molecule has 2 aromatic rings. The van der Waals surface area contributed by atoms with Crippen LogP contribution in [0.3, 0.4) is 0 Å². The van der Waals surface area contributed by atoms with Crippen molar-refractivity contribution in [3.63, 3.8) is 0 Å². The van der Waals surface area contributed by atoms with Crippen molar-refractivity contribution in [2.75, 3.05) is 44.9 Å². The van der Waals surface area contributed by atoms with Gasteiger partial charge >= 0.3 is 12.1 Å². The van der Waals surface area contributed by atoms with Gasteiger partial charge in [-0.05, 0) is 24.6 Å². The maximum atomic E-state index is 12.5. The number of nitrogens with one attached hydrogen (secondary N) is 2. The van der Waals surface area contributed by atoms with Gasteiger partial charge in [-0.3, -0.25) is 10.1 Å². The van der Waals surface area contributed by atoms with Crippen molar-refractivity contribution in [3.8, 4) is 11.5 Å². The SMILES string of the molecule is CCOC(=O)N1CCN(C(=O)Nc2nc(CC(=O)NCc3ccc4c(c3)OCO4)cs2)CC1. The zero-order valence-electron chi connectivity index (χ0n) is 18.2. The summed E-state index contributed by atoms with van der Waals surface area (Å²) in [5.74, 6) is 1.19. The van der Waals surface area contributed by atoms with Crippen molar-refractivity contribution in [1.29, 1.82) is 0 Å². The van der Waals surface area contributed by atoms with Crippen LogP contribution in [0.4, 0.5) is 14.7 Å². The Labute approximate surface area is 194 Å². The fourth-order valence-electron chi connectivity index (χ4n) is 3.40. The molecule has 0 atom stereocenters. The van der Waals surface area contributed by atoms with Gasteiger partial charge < -0.3 is 29.3 Å². The Kier molecular flexibility index (Phi) is 7.13. The molecule has 4 rings (SSSR count). The molecule has 12 heteroatoms. The van der Waals surface area contributed by atoms with E-state index in [-0.39, 0.29) is 31.2 Å². The molecule has 11 nitrogen and oxygen atoms in total. The highest BCUT2D eigenvalue weighted by Crippen LogP contribution is 2.32. The summed E-state index contributed by atoms with van der Waals surface area (Å²) in [6.45, 7) is 4.29. The zero-order chi connectivity index (χ0) is 23.2. The quantitative estimate of drug-likeness (QED) is 0.656. The number of carbonyl (C=O) groups excluding carboxylic acids is 3. The van der Waals surface area contributed by atoms with Crippen molar-refractivity contribution in [2.45, 2.75) is 19.9 Å². The maximum Gasteiger partial charge on any atom is 0.409 e. The fraction of sp³-hybridized carbons (Fsp3) is 0.429. The van der Waals surface area contributed by atoms with Crippen LogP contribution in [-0.4, -0.2) is 72.4 Å².